The fourth-order valence-electron chi connectivity index (χ4n) is 7.71. The van der Waals surface area contributed by atoms with E-state index in [0.29, 0.717) is 29.6 Å². The first-order chi connectivity index (χ1) is 24.2. The average molecular weight is 720 g/mol. The smallest absolute Gasteiger partial charge is 0.485 e. The van der Waals surface area contributed by atoms with Crippen LogP contribution in [0.1, 0.15) is 123 Å². The van der Waals surface area contributed by atoms with E-state index in [1.807, 2.05) is 72.7 Å². The van der Waals surface area contributed by atoms with Crippen molar-refractivity contribution in [1.82, 2.24) is 20.5 Å². The van der Waals surface area contributed by atoms with Crippen LogP contribution in [-0.2, 0) is 27.2 Å². The van der Waals surface area contributed by atoms with Gasteiger partial charge in [0.15, 0.2) is 0 Å². The number of rotatable bonds is 13. The SMILES string of the molecule is CC(CN1CCCC1)NC(=O)c1ccnc(CNC(Cc2ccc(OC(C)(C)C)cc2)C(=O)OC(C)(C)C)c1.CC1(O[B]O)CC2C[C@H](C1)C2(C)C. The monoisotopic (exact) mass is 719 g/mol. The molecular formula is C41H64BN4O6. The highest BCUT2D eigenvalue weighted by atomic mass is 16.6. The lowest BCUT2D eigenvalue weighted by molar-refractivity contribution is -0.157. The van der Waals surface area contributed by atoms with Crippen LogP contribution < -0.4 is 15.4 Å². The van der Waals surface area contributed by atoms with E-state index in [9.17, 15) is 9.59 Å². The molecule has 6 rings (SSSR count). The Morgan fingerprint density at radius 2 is 1.63 bits per heavy atom. The van der Waals surface area contributed by atoms with Gasteiger partial charge in [-0.05, 0) is 154 Å². The van der Waals surface area contributed by atoms with Gasteiger partial charge in [0, 0.05) is 30.9 Å². The number of pyridine rings is 1. The van der Waals surface area contributed by atoms with Gasteiger partial charge in [0.25, 0.3) is 5.91 Å². The molecule has 4 fully saturated rings. The molecule has 5 atom stereocenters. The summed E-state index contributed by atoms with van der Waals surface area (Å²) in [5, 5.41) is 15.1. The fourth-order valence-corrected chi connectivity index (χ4v) is 7.71. The molecule has 1 saturated heterocycles. The number of ether oxygens (including phenoxy) is 2. The van der Waals surface area contributed by atoms with E-state index >= 15 is 0 Å². The average Bonchev–Trinajstić information content (AvgIpc) is 3.55. The number of carbonyl (C=O) groups excluding carboxylic acids is 2. The molecule has 4 unspecified atom stereocenters. The highest BCUT2D eigenvalue weighted by Gasteiger charge is 2.56. The summed E-state index contributed by atoms with van der Waals surface area (Å²) in [4.78, 5) is 32.8. The summed E-state index contributed by atoms with van der Waals surface area (Å²) in [5.74, 6) is 1.91. The Kier molecular flexibility index (Phi) is 14.0. The van der Waals surface area contributed by atoms with Gasteiger partial charge in [-0.2, -0.15) is 0 Å². The molecule has 1 radical (unpaired) electrons. The first-order valence-electron chi connectivity index (χ1n) is 19.1. The summed E-state index contributed by atoms with van der Waals surface area (Å²) in [5.41, 5.74) is 1.73. The van der Waals surface area contributed by atoms with E-state index in [2.05, 4.69) is 41.3 Å². The minimum atomic E-state index is -0.608. The minimum Gasteiger partial charge on any atom is -0.488 e. The van der Waals surface area contributed by atoms with Crippen molar-refractivity contribution < 1.29 is 28.7 Å². The van der Waals surface area contributed by atoms with E-state index in [-0.39, 0.29) is 29.1 Å². The number of benzene rings is 1. The van der Waals surface area contributed by atoms with E-state index in [1.165, 1.54) is 19.3 Å². The van der Waals surface area contributed by atoms with Crippen molar-refractivity contribution in [3.63, 3.8) is 0 Å². The van der Waals surface area contributed by atoms with Gasteiger partial charge in [-0.25, -0.2) is 0 Å². The van der Waals surface area contributed by atoms with Crippen LogP contribution in [-0.4, -0.2) is 83.0 Å². The number of nitrogens with one attached hydrogen (secondary N) is 2. The van der Waals surface area contributed by atoms with Crippen LogP contribution in [0.4, 0.5) is 0 Å². The van der Waals surface area contributed by atoms with Crippen molar-refractivity contribution in [3.05, 3.63) is 59.4 Å². The Morgan fingerprint density at radius 3 is 2.19 bits per heavy atom. The summed E-state index contributed by atoms with van der Waals surface area (Å²) in [7, 11) is 0.859. The van der Waals surface area contributed by atoms with Gasteiger partial charge >= 0.3 is 13.7 Å². The van der Waals surface area contributed by atoms with E-state index in [4.69, 9.17) is 19.2 Å². The minimum absolute atomic E-state index is 0.0575. The van der Waals surface area contributed by atoms with Crippen LogP contribution in [0, 0.1) is 17.3 Å². The van der Waals surface area contributed by atoms with Crippen molar-refractivity contribution >= 4 is 19.6 Å². The number of hydrogen-bond donors (Lipinski definition) is 3. The summed E-state index contributed by atoms with van der Waals surface area (Å²) in [6.07, 6.45) is 8.07. The second kappa shape index (κ2) is 17.4. The van der Waals surface area contributed by atoms with Gasteiger partial charge in [-0.3, -0.25) is 19.9 Å². The molecule has 52 heavy (non-hydrogen) atoms. The molecule has 3 saturated carbocycles. The number of amides is 1. The van der Waals surface area contributed by atoms with E-state index < -0.39 is 11.6 Å². The summed E-state index contributed by atoms with van der Waals surface area (Å²) in [6, 6.07) is 10.7. The van der Waals surface area contributed by atoms with Crippen LogP contribution in [0.2, 0.25) is 0 Å². The topological polar surface area (TPSA) is 122 Å². The first-order valence-corrected chi connectivity index (χ1v) is 19.1. The molecule has 4 aliphatic rings. The molecule has 10 nitrogen and oxygen atoms in total. The Balaban J connectivity index is 0.000000386. The van der Waals surface area contributed by atoms with Gasteiger partial charge in [-0.15, -0.1) is 0 Å². The summed E-state index contributed by atoms with van der Waals surface area (Å²) < 4.78 is 16.9. The van der Waals surface area contributed by atoms with Crippen molar-refractivity contribution in [2.24, 2.45) is 17.3 Å². The third-order valence-corrected chi connectivity index (χ3v) is 10.6. The molecule has 2 bridgehead atoms. The van der Waals surface area contributed by atoms with Crippen LogP contribution >= 0.6 is 0 Å². The van der Waals surface area contributed by atoms with Crippen LogP contribution in [0.5, 0.6) is 5.75 Å². The molecule has 1 aromatic carbocycles. The number of likely N-dealkylation sites (tertiary alicyclic amines) is 1. The predicted molar refractivity (Wildman–Crippen MR) is 206 cm³/mol. The highest BCUT2D eigenvalue weighted by molar-refractivity contribution is 6.16. The number of fused-ring (bicyclic) bond motifs is 2. The number of nitrogens with zero attached hydrogens (tertiary/aromatic N) is 2. The van der Waals surface area contributed by atoms with Gasteiger partial charge in [0.05, 0.1) is 11.3 Å². The second-order valence-corrected chi connectivity index (χ2v) is 18.0. The van der Waals surface area contributed by atoms with Gasteiger partial charge in [0.2, 0.25) is 0 Å². The molecule has 2 aromatic rings. The van der Waals surface area contributed by atoms with Crippen molar-refractivity contribution in [2.45, 2.75) is 143 Å². The third-order valence-electron chi connectivity index (χ3n) is 10.6. The van der Waals surface area contributed by atoms with Crippen molar-refractivity contribution in [2.75, 3.05) is 19.6 Å². The van der Waals surface area contributed by atoms with Gasteiger partial charge < -0.3 is 29.4 Å². The molecular weight excluding hydrogens is 655 g/mol. The van der Waals surface area contributed by atoms with Crippen molar-refractivity contribution in [1.29, 1.82) is 0 Å². The maximum atomic E-state index is 13.1. The zero-order valence-corrected chi connectivity index (χ0v) is 33.4. The fraction of sp³-hybridized carbons (Fsp3) is 0.683. The highest BCUT2D eigenvalue weighted by Crippen LogP contribution is 2.62. The lowest BCUT2D eigenvalue weighted by Gasteiger charge is -2.61. The molecule has 1 aromatic heterocycles. The number of aromatic nitrogens is 1. The quantitative estimate of drug-likeness (QED) is 0.163. The second-order valence-electron chi connectivity index (χ2n) is 18.0. The third kappa shape index (κ3) is 12.6. The Labute approximate surface area is 313 Å². The zero-order chi connectivity index (χ0) is 38.3. The van der Waals surface area contributed by atoms with Crippen molar-refractivity contribution in [3.8, 4) is 5.75 Å². The van der Waals surface area contributed by atoms with Crippen LogP contribution in [0.3, 0.4) is 0 Å². The zero-order valence-electron chi connectivity index (χ0n) is 33.4. The normalized spacial score (nSPS) is 23.7. The first kappa shape index (κ1) is 41.8. The molecule has 287 valence electrons. The van der Waals surface area contributed by atoms with Crippen LogP contribution in [0.25, 0.3) is 0 Å². The van der Waals surface area contributed by atoms with Crippen LogP contribution in [0.15, 0.2) is 42.6 Å². The summed E-state index contributed by atoms with van der Waals surface area (Å²) >= 11 is 0. The number of hydrogen-bond acceptors (Lipinski definition) is 9. The maximum absolute atomic E-state index is 13.1. The lowest BCUT2D eigenvalue weighted by Crippen LogP contribution is -2.57. The number of esters is 1. The molecule has 3 aliphatic carbocycles. The van der Waals surface area contributed by atoms with E-state index in [1.54, 1.807) is 18.3 Å². The molecule has 2 heterocycles. The standard InChI is InChI=1S/C31H46N4O4.C10H18BO2/c1-22(21-35-16-8-9-17-35)34-28(36)24-14-15-32-25(19-24)20-33-27(29(37)39-31(5,6)7)18-23-10-12-26(13-11-23)38-30(2,3)4;1-9(2)7-4-8(9)6-10(3,5-7)13-11-12/h10-15,19,22,27,33H,8-9,16-18,20-21H2,1-7H3,(H,34,36);7-8,12H,4-6H2,1-3H3/t;7-,8?,10?/m.1/s1. The molecule has 11 heteroatoms. The lowest BCUT2D eigenvalue weighted by atomic mass is 9.46. The Bertz CT molecular complexity index is 1450. The van der Waals surface area contributed by atoms with Gasteiger partial charge in [-0.1, -0.05) is 26.0 Å². The van der Waals surface area contributed by atoms with E-state index in [0.717, 1.165) is 63.3 Å². The Morgan fingerprint density at radius 1 is 1.00 bits per heavy atom. The molecule has 1 aliphatic heterocycles. The molecule has 1 amide bonds. The van der Waals surface area contributed by atoms with Gasteiger partial charge in [0.1, 0.15) is 23.0 Å². The number of carbonyl (C=O) groups is 2. The summed E-state index contributed by atoms with van der Waals surface area (Å²) in [6.45, 7) is 23.8. The molecule has 3 N–H and O–H groups in total. The Hall–Kier alpha value is -2.99. The molecule has 0 spiro atoms. The largest absolute Gasteiger partial charge is 0.488 e. The predicted octanol–water partition coefficient (Wildman–Crippen LogP) is 6.26. The maximum Gasteiger partial charge on any atom is 0.485 e.